The van der Waals surface area contributed by atoms with Crippen LogP contribution in [0.5, 0.6) is 0 Å². The summed E-state index contributed by atoms with van der Waals surface area (Å²) in [5, 5.41) is 5.95. The number of hydrogen-bond donors (Lipinski definition) is 2. The molecule has 0 aromatic rings. The maximum Gasteiger partial charge on any atom is 0.220 e. The molecule has 0 rings (SSSR count). The molecule has 0 aliphatic carbocycles. The Balaban J connectivity index is 3.87. The van der Waals surface area contributed by atoms with Gasteiger partial charge in [0, 0.05) is 19.5 Å². The third-order valence-electron chi connectivity index (χ3n) is 4.08. The maximum absolute atomic E-state index is 11.6. The fourth-order valence-corrected chi connectivity index (χ4v) is 2.39. The molecule has 2 N–H and O–H groups in total. The number of hydrogen-bond acceptors (Lipinski definition) is 2. The van der Waals surface area contributed by atoms with Gasteiger partial charge in [0.15, 0.2) is 0 Å². The zero-order valence-electron chi connectivity index (χ0n) is 13.8. The van der Waals surface area contributed by atoms with Crippen molar-refractivity contribution >= 4 is 5.91 Å². The summed E-state index contributed by atoms with van der Waals surface area (Å²) in [7, 11) is 1.89. The molecule has 3 heteroatoms. The molecule has 0 spiro atoms. The van der Waals surface area contributed by atoms with E-state index in [1.165, 1.54) is 6.42 Å². The first kappa shape index (κ1) is 18.4. The summed E-state index contributed by atoms with van der Waals surface area (Å²) < 4.78 is 0. The van der Waals surface area contributed by atoms with Crippen molar-refractivity contribution in [3.8, 4) is 0 Å². The first-order chi connectivity index (χ1) is 8.79. The number of rotatable bonds is 10. The summed E-state index contributed by atoms with van der Waals surface area (Å²) in [6, 6.07) is 0. The molecule has 0 aliphatic heterocycles. The lowest BCUT2D eigenvalue weighted by Gasteiger charge is -2.33. The van der Waals surface area contributed by atoms with Crippen molar-refractivity contribution < 1.29 is 4.79 Å². The monoisotopic (exact) mass is 270 g/mol. The van der Waals surface area contributed by atoms with Crippen LogP contribution in [0.1, 0.15) is 60.3 Å². The van der Waals surface area contributed by atoms with E-state index in [0.717, 1.165) is 31.8 Å². The molecule has 3 nitrogen and oxygen atoms in total. The minimum Gasteiger partial charge on any atom is -0.355 e. The van der Waals surface area contributed by atoms with Crippen molar-refractivity contribution in [3.05, 3.63) is 0 Å². The number of carbonyl (C=O) groups excluding carboxylic acids is 1. The van der Waals surface area contributed by atoms with Gasteiger partial charge in [-0.05, 0) is 43.6 Å². The number of nitrogens with one attached hydrogen (secondary N) is 2. The molecule has 1 amide bonds. The van der Waals surface area contributed by atoms with Crippen molar-refractivity contribution in [3.63, 3.8) is 0 Å². The molecule has 0 saturated heterocycles. The first-order valence-electron chi connectivity index (χ1n) is 7.71. The summed E-state index contributed by atoms with van der Waals surface area (Å²) in [4.78, 5) is 11.6. The van der Waals surface area contributed by atoms with Crippen LogP contribution in [0.2, 0.25) is 0 Å². The summed E-state index contributed by atoms with van der Waals surface area (Å²) in [6.07, 6.45) is 4.03. The molecule has 0 heterocycles. The van der Waals surface area contributed by atoms with Crippen LogP contribution in [-0.4, -0.2) is 26.0 Å². The van der Waals surface area contributed by atoms with Crippen LogP contribution in [0.15, 0.2) is 0 Å². The first-order valence-corrected chi connectivity index (χ1v) is 7.71. The van der Waals surface area contributed by atoms with Crippen LogP contribution >= 0.6 is 0 Å². The highest BCUT2D eigenvalue weighted by Crippen LogP contribution is 2.36. The van der Waals surface area contributed by atoms with E-state index in [0.29, 0.717) is 17.8 Å². The Labute approximate surface area is 119 Å². The molecule has 0 aliphatic rings. The summed E-state index contributed by atoms with van der Waals surface area (Å²) in [6.45, 7) is 13.1. The Bertz CT molecular complexity index is 249. The van der Waals surface area contributed by atoms with Gasteiger partial charge in [0.05, 0.1) is 0 Å². The molecular formula is C16H34N2O. The molecule has 0 fully saturated rings. The van der Waals surface area contributed by atoms with Crippen LogP contribution < -0.4 is 10.6 Å². The fourth-order valence-electron chi connectivity index (χ4n) is 2.39. The number of amides is 1. The zero-order chi connectivity index (χ0) is 14.9. The molecule has 0 bridgehead atoms. The van der Waals surface area contributed by atoms with Gasteiger partial charge in [-0.15, -0.1) is 0 Å². The van der Waals surface area contributed by atoms with E-state index in [9.17, 15) is 4.79 Å². The van der Waals surface area contributed by atoms with Crippen molar-refractivity contribution in [2.24, 2.45) is 17.3 Å². The van der Waals surface area contributed by atoms with Gasteiger partial charge in [0.2, 0.25) is 5.91 Å². The van der Waals surface area contributed by atoms with E-state index in [2.05, 4.69) is 45.3 Å². The second kappa shape index (κ2) is 9.35. The van der Waals surface area contributed by atoms with Crippen LogP contribution in [0.4, 0.5) is 0 Å². The molecule has 1 atom stereocenters. The predicted octanol–water partition coefficient (Wildman–Crippen LogP) is 3.20. The molecule has 0 saturated carbocycles. The van der Waals surface area contributed by atoms with Crippen molar-refractivity contribution in [2.45, 2.75) is 60.3 Å². The molecule has 114 valence electrons. The topological polar surface area (TPSA) is 41.1 Å². The lowest BCUT2D eigenvalue weighted by atomic mass is 9.73. The standard InChI is InChI=1S/C16H34N2O/c1-13(2)12-14(3)16(4,5)9-7-8-15(19)18-11-10-17-6/h13-14,17H,7-12H2,1-6H3,(H,18,19). The minimum absolute atomic E-state index is 0.183. The van der Waals surface area contributed by atoms with Crippen LogP contribution in [0, 0.1) is 17.3 Å². The highest BCUT2D eigenvalue weighted by Gasteiger charge is 2.25. The van der Waals surface area contributed by atoms with Gasteiger partial charge in [0.25, 0.3) is 0 Å². The average molecular weight is 270 g/mol. The van der Waals surface area contributed by atoms with Crippen LogP contribution in [0.3, 0.4) is 0 Å². The fraction of sp³-hybridized carbons (Fsp3) is 0.938. The highest BCUT2D eigenvalue weighted by molar-refractivity contribution is 5.75. The largest absolute Gasteiger partial charge is 0.355 e. The lowest BCUT2D eigenvalue weighted by Crippen LogP contribution is -2.30. The van der Waals surface area contributed by atoms with Crippen LogP contribution in [-0.2, 0) is 4.79 Å². The third-order valence-corrected chi connectivity index (χ3v) is 4.08. The molecular weight excluding hydrogens is 236 g/mol. The summed E-state index contributed by atoms with van der Waals surface area (Å²) >= 11 is 0. The van der Waals surface area contributed by atoms with Gasteiger partial charge in [-0.3, -0.25) is 4.79 Å². The second-order valence-electron chi connectivity index (χ2n) is 6.83. The molecule has 19 heavy (non-hydrogen) atoms. The van der Waals surface area contributed by atoms with Gasteiger partial charge in [-0.2, -0.15) is 0 Å². The van der Waals surface area contributed by atoms with E-state index < -0.39 is 0 Å². The Kier molecular flexibility index (Phi) is 9.07. The van der Waals surface area contributed by atoms with Crippen molar-refractivity contribution in [1.29, 1.82) is 0 Å². The predicted molar refractivity (Wildman–Crippen MR) is 83.2 cm³/mol. The lowest BCUT2D eigenvalue weighted by molar-refractivity contribution is -0.121. The maximum atomic E-state index is 11.6. The number of carbonyl (C=O) groups is 1. The van der Waals surface area contributed by atoms with Gasteiger partial charge in [0.1, 0.15) is 0 Å². The zero-order valence-corrected chi connectivity index (χ0v) is 13.8. The van der Waals surface area contributed by atoms with E-state index in [-0.39, 0.29) is 5.91 Å². The molecule has 0 aromatic heterocycles. The van der Waals surface area contributed by atoms with Crippen LogP contribution in [0.25, 0.3) is 0 Å². The molecule has 1 unspecified atom stereocenters. The van der Waals surface area contributed by atoms with Crippen molar-refractivity contribution in [1.82, 2.24) is 10.6 Å². The smallest absolute Gasteiger partial charge is 0.220 e. The number of likely N-dealkylation sites (N-methyl/N-ethyl adjacent to an activating group) is 1. The van der Waals surface area contributed by atoms with Crippen molar-refractivity contribution in [2.75, 3.05) is 20.1 Å². The molecule has 0 aromatic carbocycles. The van der Waals surface area contributed by atoms with E-state index in [1.54, 1.807) is 0 Å². The van der Waals surface area contributed by atoms with E-state index >= 15 is 0 Å². The normalized spacial score (nSPS) is 13.6. The van der Waals surface area contributed by atoms with Gasteiger partial charge >= 0.3 is 0 Å². The van der Waals surface area contributed by atoms with E-state index in [4.69, 9.17) is 0 Å². The Morgan fingerprint density at radius 3 is 2.32 bits per heavy atom. The minimum atomic E-state index is 0.183. The van der Waals surface area contributed by atoms with Gasteiger partial charge < -0.3 is 10.6 Å². The summed E-state index contributed by atoms with van der Waals surface area (Å²) in [5.41, 5.74) is 0.329. The van der Waals surface area contributed by atoms with Gasteiger partial charge in [-0.1, -0.05) is 34.6 Å². The van der Waals surface area contributed by atoms with Gasteiger partial charge in [-0.25, -0.2) is 0 Å². The average Bonchev–Trinajstić information content (AvgIpc) is 2.28. The Morgan fingerprint density at radius 1 is 1.16 bits per heavy atom. The Hall–Kier alpha value is -0.570. The molecule has 0 radical (unpaired) electrons. The second-order valence-corrected chi connectivity index (χ2v) is 6.83. The Morgan fingerprint density at radius 2 is 1.79 bits per heavy atom. The quantitative estimate of drug-likeness (QED) is 0.599. The summed E-state index contributed by atoms with van der Waals surface area (Å²) in [5.74, 6) is 1.64. The third kappa shape index (κ3) is 9.04. The SMILES string of the molecule is CNCCNC(=O)CCCC(C)(C)C(C)CC(C)C. The highest BCUT2D eigenvalue weighted by atomic mass is 16.1. The van der Waals surface area contributed by atoms with E-state index in [1.807, 2.05) is 7.05 Å².